The highest BCUT2D eigenvalue weighted by atomic mass is 32.1. The second kappa shape index (κ2) is 5.63. The van der Waals surface area contributed by atoms with Crippen LogP contribution in [0.4, 0.5) is 4.39 Å². The molecule has 0 spiro atoms. The molecule has 0 aliphatic rings. The third kappa shape index (κ3) is 2.98. The van der Waals surface area contributed by atoms with Gasteiger partial charge in [-0.15, -0.1) is 11.3 Å². The standard InChI is InChI=1S/C15H18FNS/c1-10(2)17-9-12-7-8-14(18-12)13-6-4-5-11(3)15(13)16/h4-8,10,17H,9H2,1-3H3. The Bertz CT molecular complexity index is 531. The first-order valence-electron chi connectivity index (χ1n) is 6.15. The van der Waals surface area contributed by atoms with E-state index < -0.39 is 0 Å². The molecule has 0 saturated carbocycles. The van der Waals surface area contributed by atoms with Crippen molar-refractivity contribution in [3.8, 4) is 10.4 Å². The summed E-state index contributed by atoms with van der Waals surface area (Å²) in [6.07, 6.45) is 0. The van der Waals surface area contributed by atoms with Crippen LogP contribution in [0, 0.1) is 12.7 Å². The Labute approximate surface area is 112 Å². The maximum atomic E-state index is 14.0. The fourth-order valence-corrected chi connectivity index (χ4v) is 2.74. The minimum absolute atomic E-state index is 0.109. The average Bonchev–Trinajstić information content (AvgIpc) is 2.78. The molecule has 0 atom stereocenters. The van der Waals surface area contributed by atoms with E-state index in [9.17, 15) is 4.39 Å². The van der Waals surface area contributed by atoms with Crippen molar-refractivity contribution in [2.45, 2.75) is 33.4 Å². The van der Waals surface area contributed by atoms with Crippen LogP contribution < -0.4 is 5.32 Å². The van der Waals surface area contributed by atoms with Crippen LogP contribution in [0.25, 0.3) is 10.4 Å². The van der Waals surface area contributed by atoms with Gasteiger partial charge in [-0.05, 0) is 24.6 Å². The normalized spacial score (nSPS) is 11.2. The Balaban J connectivity index is 2.21. The first-order valence-corrected chi connectivity index (χ1v) is 6.97. The lowest BCUT2D eigenvalue weighted by atomic mass is 10.1. The van der Waals surface area contributed by atoms with Gasteiger partial charge in [-0.25, -0.2) is 4.39 Å². The second-order valence-corrected chi connectivity index (χ2v) is 5.91. The van der Waals surface area contributed by atoms with Gasteiger partial charge in [-0.3, -0.25) is 0 Å². The first-order chi connectivity index (χ1) is 8.58. The molecule has 0 saturated heterocycles. The van der Waals surface area contributed by atoms with E-state index in [0.29, 0.717) is 17.2 Å². The van der Waals surface area contributed by atoms with Crippen LogP contribution in [0.2, 0.25) is 0 Å². The number of rotatable bonds is 4. The summed E-state index contributed by atoms with van der Waals surface area (Å²) in [7, 11) is 0. The highest BCUT2D eigenvalue weighted by Crippen LogP contribution is 2.31. The number of nitrogens with one attached hydrogen (secondary N) is 1. The maximum absolute atomic E-state index is 14.0. The van der Waals surface area contributed by atoms with Crippen LogP contribution in [-0.2, 0) is 6.54 Å². The van der Waals surface area contributed by atoms with E-state index in [1.165, 1.54) is 4.88 Å². The lowest BCUT2D eigenvalue weighted by molar-refractivity contribution is 0.593. The molecule has 0 aliphatic carbocycles. The molecule has 1 N–H and O–H groups in total. The fourth-order valence-electron chi connectivity index (χ4n) is 1.76. The van der Waals surface area contributed by atoms with E-state index in [-0.39, 0.29) is 5.82 Å². The van der Waals surface area contributed by atoms with Crippen molar-refractivity contribution in [2.24, 2.45) is 0 Å². The van der Waals surface area contributed by atoms with Gasteiger partial charge in [0.1, 0.15) is 5.82 Å². The van der Waals surface area contributed by atoms with Crippen LogP contribution in [0.5, 0.6) is 0 Å². The quantitative estimate of drug-likeness (QED) is 0.864. The van der Waals surface area contributed by atoms with Crippen molar-refractivity contribution in [3.63, 3.8) is 0 Å². The average molecular weight is 263 g/mol. The first kappa shape index (κ1) is 13.2. The summed E-state index contributed by atoms with van der Waals surface area (Å²) in [6, 6.07) is 10.1. The van der Waals surface area contributed by atoms with Gasteiger partial charge in [0.2, 0.25) is 0 Å². The minimum atomic E-state index is -0.109. The number of hydrogen-bond acceptors (Lipinski definition) is 2. The van der Waals surface area contributed by atoms with Crippen LogP contribution in [0.15, 0.2) is 30.3 Å². The molecular formula is C15H18FNS. The van der Waals surface area contributed by atoms with Gasteiger partial charge in [0.05, 0.1) is 0 Å². The summed E-state index contributed by atoms with van der Waals surface area (Å²) < 4.78 is 14.0. The lowest BCUT2D eigenvalue weighted by Gasteiger charge is -2.05. The van der Waals surface area contributed by atoms with Crippen molar-refractivity contribution in [3.05, 3.63) is 46.6 Å². The van der Waals surface area contributed by atoms with E-state index in [1.807, 2.05) is 18.2 Å². The molecule has 18 heavy (non-hydrogen) atoms. The van der Waals surface area contributed by atoms with Crippen LogP contribution in [-0.4, -0.2) is 6.04 Å². The van der Waals surface area contributed by atoms with E-state index in [2.05, 4.69) is 25.2 Å². The second-order valence-electron chi connectivity index (χ2n) is 4.74. The zero-order chi connectivity index (χ0) is 13.1. The Morgan fingerprint density at radius 2 is 2.00 bits per heavy atom. The van der Waals surface area contributed by atoms with Gasteiger partial charge in [-0.1, -0.05) is 32.0 Å². The van der Waals surface area contributed by atoms with Crippen LogP contribution in [0.3, 0.4) is 0 Å². The number of hydrogen-bond donors (Lipinski definition) is 1. The van der Waals surface area contributed by atoms with Crippen molar-refractivity contribution in [1.29, 1.82) is 0 Å². The maximum Gasteiger partial charge on any atom is 0.134 e. The lowest BCUT2D eigenvalue weighted by Crippen LogP contribution is -2.21. The van der Waals surface area contributed by atoms with Crippen molar-refractivity contribution >= 4 is 11.3 Å². The zero-order valence-electron chi connectivity index (χ0n) is 11.0. The van der Waals surface area contributed by atoms with E-state index in [4.69, 9.17) is 0 Å². The molecule has 1 heterocycles. The van der Waals surface area contributed by atoms with Crippen molar-refractivity contribution in [2.75, 3.05) is 0 Å². The monoisotopic (exact) mass is 263 g/mol. The number of aryl methyl sites for hydroxylation is 1. The van der Waals surface area contributed by atoms with Crippen LogP contribution in [0.1, 0.15) is 24.3 Å². The molecule has 2 aromatic rings. The summed E-state index contributed by atoms with van der Waals surface area (Å²) in [6.45, 7) is 6.88. The molecule has 2 rings (SSSR count). The van der Waals surface area contributed by atoms with Gasteiger partial charge in [-0.2, -0.15) is 0 Å². The summed E-state index contributed by atoms with van der Waals surface area (Å²) in [5.74, 6) is -0.109. The van der Waals surface area contributed by atoms with Gasteiger partial charge in [0.25, 0.3) is 0 Å². The van der Waals surface area contributed by atoms with E-state index >= 15 is 0 Å². The third-order valence-corrected chi connectivity index (χ3v) is 3.92. The SMILES string of the molecule is Cc1cccc(-c2ccc(CNC(C)C)s2)c1F. The molecule has 1 aromatic heterocycles. The molecule has 0 fully saturated rings. The van der Waals surface area contributed by atoms with Crippen molar-refractivity contribution < 1.29 is 4.39 Å². The van der Waals surface area contributed by atoms with Gasteiger partial charge in [0, 0.05) is 27.9 Å². The Morgan fingerprint density at radius 3 is 2.72 bits per heavy atom. The number of thiophene rings is 1. The molecule has 1 aromatic carbocycles. The zero-order valence-corrected chi connectivity index (χ0v) is 11.8. The molecule has 0 radical (unpaired) electrons. The summed E-state index contributed by atoms with van der Waals surface area (Å²) in [5.41, 5.74) is 1.40. The van der Waals surface area contributed by atoms with Gasteiger partial charge in [0.15, 0.2) is 0 Å². The number of benzene rings is 1. The van der Waals surface area contributed by atoms with E-state index in [0.717, 1.165) is 11.4 Å². The third-order valence-electron chi connectivity index (χ3n) is 2.80. The molecule has 0 aliphatic heterocycles. The minimum Gasteiger partial charge on any atom is -0.310 e. The molecule has 1 nitrogen and oxygen atoms in total. The predicted octanol–water partition coefficient (Wildman–Crippen LogP) is 4.36. The molecule has 96 valence electrons. The summed E-state index contributed by atoms with van der Waals surface area (Å²) in [4.78, 5) is 2.23. The Morgan fingerprint density at radius 1 is 1.22 bits per heavy atom. The largest absolute Gasteiger partial charge is 0.310 e. The highest BCUT2D eigenvalue weighted by Gasteiger charge is 2.09. The van der Waals surface area contributed by atoms with Crippen LogP contribution >= 0.6 is 11.3 Å². The number of halogens is 1. The van der Waals surface area contributed by atoms with Gasteiger partial charge >= 0.3 is 0 Å². The smallest absolute Gasteiger partial charge is 0.134 e. The Hall–Kier alpha value is -1.19. The molecule has 3 heteroatoms. The van der Waals surface area contributed by atoms with E-state index in [1.54, 1.807) is 24.3 Å². The molecule has 0 bridgehead atoms. The predicted molar refractivity (Wildman–Crippen MR) is 76.4 cm³/mol. The molecular weight excluding hydrogens is 245 g/mol. The fraction of sp³-hybridized carbons (Fsp3) is 0.333. The summed E-state index contributed by atoms with van der Waals surface area (Å²) in [5, 5.41) is 3.37. The molecule has 0 unspecified atom stereocenters. The summed E-state index contributed by atoms with van der Waals surface area (Å²) >= 11 is 1.65. The van der Waals surface area contributed by atoms with Crippen molar-refractivity contribution in [1.82, 2.24) is 5.32 Å². The Kier molecular flexibility index (Phi) is 4.15. The van der Waals surface area contributed by atoms with Gasteiger partial charge < -0.3 is 5.32 Å². The topological polar surface area (TPSA) is 12.0 Å². The highest BCUT2D eigenvalue weighted by molar-refractivity contribution is 7.15. The molecule has 0 amide bonds.